The third-order valence-corrected chi connectivity index (χ3v) is 4.74. The highest BCUT2D eigenvalue weighted by atomic mass is 16.4. The molecule has 0 spiro atoms. The van der Waals surface area contributed by atoms with Gasteiger partial charge in [-0.25, -0.2) is 4.79 Å². The lowest BCUT2D eigenvalue weighted by molar-refractivity contribution is -0.138. The van der Waals surface area contributed by atoms with E-state index in [1.54, 1.807) is 12.1 Å². The molecule has 2 unspecified atom stereocenters. The number of anilines is 1. The van der Waals surface area contributed by atoms with Crippen molar-refractivity contribution in [3.05, 3.63) is 66.2 Å². The minimum absolute atomic E-state index is 0.0721. The molecule has 2 N–H and O–H groups in total. The first-order valence-corrected chi connectivity index (χ1v) is 9.62. The van der Waals surface area contributed by atoms with Gasteiger partial charge < -0.3 is 15.3 Å². The van der Waals surface area contributed by atoms with Crippen molar-refractivity contribution in [2.45, 2.75) is 32.0 Å². The van der Waals surface area contributed by atoms with Crippen LogP contribution in [0.2, 0.25) is 0 Å². The van der Waals surface area contributed by atoms with Gasteiger partial charge in [-0.05, 0) is 31.7 Å². The number of nitrogens with zero attached hydrogens (tertiary/aromatic N) is 3. The molecule has 1 heterocycles. The Morgan fingerprint density at radius 3 is 2.41 bits per heavy atom. The van der Waals surface area contributed by atoms with Gasteiger partial charge in [0.05, 0.1) is 5.69 Å². The molecule has 0 aromatic heterocycles. The van der Waals surface area contributed by atoms with Gasteiger partial charge in [0.1, 0.15) is 5.71 Å². The Morgan fingerprint density at radius 1 is 1.17 bits per heavy atom. The van der Waals surface area contributed by atoms with E-state index in [0.29, 0.717) is 12.2 Å². The van der Waals surface area contributed by atoms with Crippen LogP contribution in [0.1, 0.15) is 18.9 Å². The largest absolute Gasteiger partial charge is 0.480 e. The zero-order valence-electron chi connectivity index (χ0n) is 16.7. The summed E-state index contributed by atoms with van der Waals surface area (Å²) in [5, 5.41) is 18.2. The van der Waals surface area contributed by atoms with Crippen LogP contribution in [-0.2, 0) is 16.1 Å². The molecule has 0 saturated heterocycles. The predicted octanol–water partition coefficient (Wildman–Crippen LogP) is 2.34. The highest BCUT2D eigenvalue weighted by Gasteiger charge is 2.36. The van der Waals surface area contributed by atoms with E-state index in [1.165, 1.54) is 10.6 Å². The van der Waals surface area contributed by atoms with Gasteiger partial charge in [0.2, 0.25) is 0 Å². The molecular weight excluding hydrogens is 368 g/mol. The first-order valence-electron chi connectivity index (χ1n) is 9.62. The maximum absolute atomic E-state index is 12.7. The summed E-state index contributed by atoms with van der Waals surface area (Å²) >= 11 is 0. The van der Waals surface area contributed by atoms with Crippen molar-refractivity contribution in [3.63, 3.8) is 0 Å². The summed E-state index contributed by atoms with van der Waals surface area (Å²) in [6.07, 6.45) is 0.0721. The smallest absolute Gasteiger partial charge is 0.328 e. The molecule has 0 aliphatic carbocycles. The van der Waals surface area contributed by atoms with Crippen LogP contribution in [0.25, 0.3) is 0 Å². The Kier molecular flexibility index (Phi) is 6.61. The molecule has 7 heteroatoms. The van der Waals surface area contributed by atoms with E-state index in [4.69, 9.17) is 0 Å². The van der Waals surface area contributed by atoms with Crippen molar-refractivity contribution in [2.24, 2.45) is 5.10 Å². The van der Waals surface area contributed by atoms with Gasteiger partial charge in [-0.15, -0.1) is 0 Å². The fourth-order valence-electron chi connectivity index (χ4n) is 3.44. The average molecular weight is 394 g/mol. The molecule has 1 aliphatic rings. The number of hydrazone groups is 1. The van der Waals surface area contributed by atoms with Crippen LogP contribution >= 0.6 is 0 Å². The molecule has 2 aromatic rings. The number of aliphatic carboxylic acids is 1. The van der Waals surface area contributed by atoms with Crippen molar-refractivity contribution in [3.8, 4) is 0 Å². The highest BCUT2D eigenvalue weighted by Crippen LogP contribution is 2.24. The molecule has 2 aromatic carbocycles. The van der Waals surface area contributed by atoms with E-state index in [1.807, 2.05) is 50.4 Å². The number of hydrogen-bond acceptors (Lipinski definition) is 5. The fraction of sp³-hybridized carbons (Fsp3) is 0.318. The van der Waals surface area contributed by atoms with Gasteiger partial charge in [-0.1, -0.05) is 48.5 Å². The second-order valence-electron chi connectivity index (χ2n) is 7.34. The van der Waals surface area contributed by atoms with Gasteiger partial charge in [-0.3, -0.25) is 9.80 Å². The van der Waals surface area contributed by atoms with Gasteiger partial charge in [0.25, 0.3) is 5.91 Å². The second kappa shape index (κ2) is 9.34. The molecule has 29 heavy (non-hydrogen) atoms. The Hall–Kier alpha value is -3.19. The first kappa shape index (κ1) is 20.5. The lowest BCUT2D eigenvalue weighted by Crippen LogP contribution is -2.43. The lowest BCUT2D eigenvalue weighted by Gasteiger charge is -2.22. The molecule has 1 amide bonds. The molecule has 1 aliphatic heterocycles. The summed E-state index contributed by atoms with van der Waals surface area (Å²) in [7, 11) is 2.00. The van der Waals surface area contributed by atoms with Crippen molar-refractivity contribution in [2.75, 3.05) is 18.6 Å². The van der Waals surface area contributed by atoms with Crippen LogP contribution < -0.4 is 10.3 Å². The number of benzene rings is 2. The zero-order valence-corrected chi connectivity index (χ0v) is 16.7. The van der Waals surface area contributed by atoms with E-state index in [2.05, 4.69) is 27.5 Å². The Labute approximate surface area is 170 Å². The van der Waals surface area contributed by atoms with Crippen LogP contribution in [0, 0.1) is 0 Å². The number of hydrogen-bond donors (Lipinski definition) is 2. The van der Waals surface area contributed by atoms with Crippen LogP contribution in [0.3, 0.4) is 0 Å². The van der Waals surface area contributed by atoms with E-state index in [0.717, 1.165) is 6.54 Å². The number of carboxylic acid groups (broad SMARTS) is 1. The first-order chi connectivity index (χ1) is 13.9. The van der Waals surface area contributed by atoms with Crippen molar-refractivity contribution < 1.29 is 14.7 Å². The van der Waals surface area contributed by atoms with Crippen LogP contribution in [0.5, 0.6) is 0 Å². The molecule has 0 fully saturated rings. The molecule has 0 saturated carbocycles. The summed E-state index contributed by atoms with van der Waals surface area (Å²) in [6, 6.07) is 18.2. The quantitative estimate of drug-likeness (QED) is 0.718. The van der Waals surface area contributed by atoms with Crippen LogP contribution in [-0.4, -0.2) is 53.3 Å². The summed E-state index contributed by atoms with van der Waals surface area (Å²) in [6.45, 7) is 3.38. The molecule has 152 valence electrons. The van der Waals surface area contributed by atoms with E-state index >= 15 is 0 Å². The summed E-state index contributed by atoms with van der Waals surface area (Å²) in [4.78, 5) is 26.4. The number of nitrogens with one attached hydrogen (secondary N) is 1. The Bertz CT molecular complexity index is 870. The second-order valence-corrected chi connectivity index (χ2v) is 7.34. The summed E-state index contributed by atoms with van der Waals surface area (Å²) < 4.78 is 0. The monoisotopic (exact) mass is 394 g/mol. The van der Waals surface area contributed by atoms with Gasteiger partial charge in [-0.2, -0.15) is 5.10 Å². The average Bonchev–Trinajstić information content (AvgIpc) is 3.15. The third-order valence-electron chi connectivity index (χ3n) is 4.74. The van der Waals surface area contributed by atoms with Gasteiger partial charge in [0.15, 0.2) is 6.04 Å². The number of likely N-dealkylation sites (N-methyl/N-ethyl adjacent to an activating group) is 1. The van der Waals surface area contributed by atoms with Crippen LogP contribution in [0.4, 0.5) is 5.69 Å². The minimum atomic E-state index is -1.00. The maximum atomic E-state index is 12.7. The van der Waals surface area contributed by atoms with Crippen LogP contribution in [0.15, 0.2) is 65.8 Å². The summed E-state index contributed by atoms with van der Waals surface area (Å²) in [5.41, 5.74) is 2.09. The maximum Gasteiger partial charge on any atom is 0.328 e. The lowest BCUT2D eigenvalue weighted by atomic mass is 10.1. The molecule has 7 nitrogen and oxygen atoms in total. The number of carbonyl (C=O) groups is 2. The van der Waals surface area contributed by atoms with Crippen molar-refractivity contribution in [1.82, 2.24) is 10.2 Å². The SMILES string of the molecule is CC(CN(C)Cc1ccccc1)NC(=O)C1=NN(c2ccccc2)C(C(=O)O)C1. The Balaban J connectivity index is 1.60. The molecule has 2 atom stereocenters. The normalized spacial score (nSPS) is 17.1. The van der Waals surface area contributed by atoms with Gasteiger partial charge in [0, 0.05) is 25.6 Å². The number of rotatable bonds is 8. The van der Waals surface area contributed by atoms with E-state index in [9.17, 15) is 14.7 Å². The molecular formula is C22H26N4O3. The van der Waals surface area contributed by atoms with Crippen molar-refractivity contribution >= 4 is 23.3 Å². The predicted molar refractivity (Wildman–Crippen MR) is 113 cm³/mol. The van der Waals surface area contributed by atoms with E-state index in [-0.39, 0.29) is 24.1 Å². The molecule has 0 bridgehead atoms. The number of carboxylic acids is 1. The minimum Gasteiger partial charge on any atom is -0.480 e. The standard InChI is InChI=1S/C22H26N4O3/c1-16(14-25(2)15-17-9-5-3-6-10-17)23-21(27)19-13-20(22(28)29)26(24-19)18-11-7-4-8-12-18/h3-12,16,20H,13-15H2,1-2H3,(H,23,27)(H,28,29). The topological polar surface area (TPSA) is 85.2 Å². The number of carbonyl (C=O) groups excluding carboxylic acids is 1. The van der Waals surface area contributed by atoms with Crippen molar-refractivity contribution in [1.29, 1.82) is 0 Å². The van der Waals surface area contributed by atoms with Gasteiger partial charge >= 0.3 is 5.97 Å². The highest BCUT2D eigenvalue weighted by molar-refractivity contribution is 6.40. The fourth-order valence-corrected chi connectivity index (χ4v) is 3.44. The summed E-state index contributed by atoms with van der Waals surface area (Å²) in [5.74, 6) is -1.33. The zero-order chi connectivity index (χ0) is 20.8. The Morgan fingerprint density at radius 2 is 1.79 bits per heavy atom. The number of amides is 1. The van der Waals surface area contributed by atoms with E-state index < -0.39 is 12.0 Å². The number of para-hydroxylation sites is 1. The molecule has 0 radical (unpaired) electrons. The third kappa shape index (κ3) is 5.42. The molecule has 3 rings (SSSR count).